The van der Waals surface area contributed by atoms with Gasteiger partial charge in [0.25, 0.3) is 0 Å². The third-order valence-corrected chi connectivity index (χ3v) is 3.09. The van der Waals surface area contributed by atoms with Crippen molar-refractivity contribution in [2.75, 3.05) is 33.5 Å². The molecule has 0 aliphatic carbocycles. The van der Waals surface area contributed by atoms with Crippen LogP contribution in [0.4, 0.5) is 0 Å². The summed E-state index contributed by atoms with van der Waals surface area (Å²) in [6.45, 7) is 13.8. The minimum atomic E-state index is -0.110. The van der Waals surface area contributed by atoms with Gasteiger partial charge in [-0.25, -0.2) is 0 Å². The first-order valence-corrected chi connectivity index (χ1v) is 6.07. The van der Waals surface area contributed by atoms with Gasteiger partial charge in [0.05, 0.1) is 32.5 Å². The van der Waals surface area contributed by atoms with Gasteiger partial charge in [0.1, 0.15) is 0 Å². The van der Waals surface area contributed by atoms with Crippen molar-refractivity contribution in [3.05, 3.63) is 25.3 Å². The van der Waals surface area contributed by atoms with E-state index in [4.69, 9.17) is 14.2 Å². The zero-order valence-corrected chi connectivity index (χ0v) is 11.4. The fourth-order valence-electron chi connectivity index (χ4n) is 1.79. The van der Waals surface area contributed by atoms with Gasteiger partial charge >= 0.3 is 0 Å². The molecule has 2 unspecified atom stereocenters. The molecular formula is C14H26O3. The third kappa shape index (κ3) is 5.48. The molecule has 0 aromatic heterocycles. The van der Waals surface area contributed by atoms with Crippen molar-refractivity contribution in [2.45, 2.75) is 26.4 Å². The number of hydrogen-bond donors (Lipinski definition) is 0. The molecule has 0 saturated heterocycles. The first-order chi connectivity index (χ1) is 8.16. The summed E-state index contributed by atoms with van der Waals surface area (Å²) in [6, 6.07) is 0. The molecule has 0 aromatic rings. The lowest BCUT2D eigenvalue weighted by molar-refractivity contribution is -0.0969. The summed E-state index contributed by atoms with van der Waals surface area (Å²) in [5, 5.41) is 0. The van der Waals surface area contributed by atoms with E-state index in [9.17, 15) is 0 Å². The lowest BCUT2D eigenvalue weighted by atomic mass is 9.81. The number of hydrogen-bond acceptors (Lipinski definition) is 3. The van der Waals surface area contributed by atoms with Gasteiger partial charge in [-0.15, -0.1) is 13.2 Å². The van der Waals surface area contributed by atoms with E-state index in [1.54, 1.807) is 19.3 Å². The zero-order chi connectivity index (χ0) is 13.1. The van der Waals surface area contributed by atoms with Gasteiger partial charge in [-0.1, -0.05) is 19.1 Å². The lowest BCUT2D eigenvalue weighted by Crippen LogP contribution is -2.43. The molecule has 0 radical (unpaired) electrons. The van der Waals surface area contributed by atoms with E-state index < -0.39 is 0 Å². The highest BCUT2D eigenvalue weighted by Crippen LogP contribution is 2.29. The number of ether oxygens (including phenoxy) is 3. The highest BCUT2D eigenvalue weighted by Gasteiger charge is 2.35. The summed E-state index contributed by atoms with van der Waals surface area (Å²) in [4.78, 5) is 0. The van der Waals surface area contributed by atoms with Crippen LogP contribution in [0.1, 0.15) is 20.3 Å². The maximum atomic E-state index is 5.73. The van der Waals surface area contributed by atoms with E-state index in [-0.39, 0.29) is 11.5 Å². The fourth-order valence-corrected chi connectivity index (χ4v) is 1.79. The summed E-state index contributed by atoms with van der Waals surface area (Å²) in [5.41, 5.74) is -0.110. The standard InChI is InChI=1S/C14H26O3/c1-6-9-16-12-14(8-3,11-15-5)13(4)17-10-7-2/h6-7,13H,1-2,8-12H2,3-5H3. The monoisotopic (exact) mass is 242 g/mol. The topological polar surface area (TPSA) is 27.7 Å². The van der Waals surface area contributed by atoms with Crippen molar-refractivity contribution in [3.63, 3.8) is 0 Å². The summed E-state index contributed by atoms with van der Waals surface area (Å²) in [5.74, 6) is 0. The van der Waals surface area contributed by atoms with Gasteiger partial charge in [-0.2, -0.15) is 0 Å². The molecule has 3 nitrogen and oxygen atoms in total. The molecule has 0 spiro atoms. The molecule has 0 bridgehead atoms. The van der Waals surface area contributed by atoms with Crippen LogP contribution < -0.4 is 0 Å². The van der Waals surface area contributed by atoms with Crippen LogP contribution in [0.3, 0.4) is 0 Å². The number of rotatable bonds is 11. The fraction of sp³-hybridized carbons (Fsp3) is 0.714. The molecule has 0 aromatic carbocycles. The summed E-state index contributed by atoms with van der Waals surface area (Å²) in [7, 11) is 1.71. The molecule has 0 heterocycles. The van der Waals surface area contributed by atoms with E-state index in [0.29, 0.717) is 26.4 Å². The first-order valence-electron chi connectivity index (χ1n) is 6.07. The minimum Gasteiger partial charge on any atom is -0.384 e. The van der Waals surface area contributed by atoms with Crippen LogP contribution in [0.15, 0.2) is 25.3 Å². The van der Waals surface area contributed by atoms with E-state index in [0.717, 1.165) is 6.42 Å². The Hall–Kier alpha value is -0.640. The summed E-state index contributed by atoms with van der Waals surface area (Å²) in [6.07, 6.45) is 4.52. The SMILES string of the molecule is C=CCOCC(CC)(COC)C(C)OCC=C. The molecule has 0 amide bonds. The van der Waals surface area contributed by atoms with Crippen LogP contribution in [-0.2, 0) is 14.2 Å². The average Bonchev–Trinajstić information content (AvgIpc) is 2.35. The average molecular weight is 242 g/mol. The Morgan fingerprint density at radius 2 is 1.82 bits per heavy atom. The van der Waals surface area contributed by atoms with Crippen molar-refractivity contribution in [2.24, 2.45) is 5.41 Å². The second kappa shape index (κ2) is 9.40. The van der Waals surface area contributed by atoms with Crippen LogP contribution in [0, 0.1) is 5.41 Å². The zero-order valence-electron chi connectivity index (χ0n) is 11.4. The van der Waals surface area contributed by atoms with E-state index in [1.165, 1.54) is 0 Å². The molecule has 0 rings (SSSR count). The van der Waals surface area contributed by atoms with Crippen LogP contribution in [0.25, 0.3) is 0 Å². The Morgan fingerprint density at radius 1 is 1.18 bits per heavy atom. The van der Waals surface area contributed by atoms with E-state index in [2.05, 4.69) is 27.0 Å². The Morgan fingerprint density at radius 3 is 2.29 bits per heavy atom. The largest absolute Gasteiger partial charge is 0.384 e. The maximum absolute atomic E-state index is 5.73. The second-order valence-corrected chi connectivity index (χ2v) is 4.22. The van der Waals surface area contributed by atoms with Crippen molar-refractivity contribution < 1.29 is 14.2 Å². The van der Waals surface area contributed by atoms with Crippen molar-refractivity contribution >= 4 is 0 Å². The minimum absolute atomic E-state index is 0.0651. The van der Waals surface area contributed by atoms with Crippen LogP contribution in [0.5, 0.6) is 0 Å². The molecule has 0 aliphatic heterocycles. The lowest BCUT2D eigenvalue weighted by Gasteiger charge is -2.37. The first kappa shape index (κ1) is 16.4. The van der Waals surface area contributed by atoms with Crippen LogP contribution >= 0.6 is 0 Å². The van der Waals surface area contributed by atoms with Gasteiger partial charge in [0.15, 0.2) is 0 Å². The number of methoxy groups -OCH3 is 1. The van der Waals surface area contributed by atoms with E-state index in [1.807, 2.05) is 0 Å². The van der Waals surface area contributed by atoms with Crippen molar-refractivity contribution in [1.29, 1.82) is 0 Å². The van der Waals surface area contributed by atoms with E-state index >= 15 is 0 Å². The predicted octanol–water partition coefficient (Wildman–Crippen LogP) is 2.82. The molecule has 0 fully saturated rings. The molecule has 3 heteroatoms. The van der Waals surface area contributed by atoms with Crippen molar-refractivity contribution in [3.8, 4) is 0 Å². The molecule has 17 heavy (non-hydrogen) atoms. The second-order valence-electron chi connectivity index (χ2n) is 4.22. The smallest absolute Gasteiger partial charge is 0.0651 e. The quantitative estimate of drug-likeness (QED) is 0.412. The Bertz CT molecular complexity index is 216. The molecule has 0 aliphatic rings. The molecule has 0 saturated carbocycles. The molecule has 100 valence electrons. The van der Waals surface area contributed by atoms with Gasteiger partial charge in [-0.3, -0.25) is 0 Å². The van der Waals surface area contributed by atoms with Gasteiger partial charge < -0.3 is 14.2 Å². The van der Waals surface area contributed by atoms with Gasteiger partial charge in [0, 0.05) is 12.5 Å². The van der Waals surface area contributed by atoms with Gasteiger partial charge in [-0.05, 0) is 13.3 Å². The highest BCUT2D eigenvalue weighted by molar-refractivity contribution is 4.85. The Kier molecular flexibility index (Phi) is 9.04. The van der Waals surface area contributed by atoms with Crippen LogP contribution in [-0.4, -0.2) is 39.6 Å². The van der Waals surface area contributed by atoms with Crippen molar-refractivity contribution in [1.82, 2.24) is 0 Å². The maximum Gasteiger partial charge on any atom is 0.0651 e. The highest BCUT2D eigenvalue weighted by atomic mass is 16.5. The summed E-state index contributed by atoms with van der Waals surface area (Å²) >= 11 is 0. The molecule has 0 N–H and O–H groups in total. The molecule has 2 atom stereocenters. The van der Waals surface area contributed by atoms with Crippen LogP contribution in [0.2, 0.25) is 0 Å². The summed E-state index contributed by atoms with van der Waals surface area (Å²) < 4.78 is 16.6. The predicted molar refractivity (Wildman–Crippen MR) is 71.2 cm³/mol. The molecular weight excluding hydrogens is 216 g/mol. The normalized spacial score (nSPS) is 16.2. The Balaban J connectivity index is 4.53. The van der Waals surface area contributed by atoms with Gasteiger partial charge in [0.2, 0.25) is 0 Å². The Labute approximate surface area is 105 Å². The third-order valence-electron chi connectivity index (χ3n) is 3.09.